The fourth-order valence-electron chi connectivity index (χ4n) is 3.00. The van der Waals surface area contributed by atoms with E-state index in [4.69, 9.17) is 5.11 Å². The van der Waals surface area contributed by atoms with Gasteiger partial charge in [-0.25, -0.2) is 0 Å². The second-order valence-electron chi connectivity index (χ2n) is 6.59. The number of likely N-dealkylation sites (tertiary alicyclic amines) is 1. The first kappa shape index (κ1) is 19.5. The average Bonchev–Trinajstić information content (AvgIpc) is 2.66. The van der Waals surface area contributed by atoms with Crippen molar-refractivity contribution in [2.24, 2.45) is 5.92 Å². The number of piperidine rings is 1. The van der Waals surface area contributed by atoms with Crippen LogP contribution in [0.15, 0.2) is 36.0 Å². The molecule has 0 spiro atoms. The van der Waals surface area contributed by atoms with Crippen LogP contribution in [-0.2, 0) is 16.0 Å². The fraction of sp³-hybridized carbons (Fsp3) is 0.450. The van der Waals surface area contributed by atoms with Gasteiger partial charge in [-0.05, 0) is 37.3 Å². The zero-order valence-electron chi connectivity index (χ0n) is 15.2. The molecule has 0 saturated carbocycles. The van der Waals surface area contributed by atoms with Gasteiger partial charge in [0.1, 0.15) is 11.6 Å². The number of hydrogen-bond acceptors (Lipinski definition) is 4. The van der Waals surface area contributed by atoms with E-state index < -0.39 is 11.9 Å². The highest BCUT2D eigenvalue weighted by atomic mass is 16.4. The highest BCUT2D eigenvalue weighted by Gasteiger charge is 2.24. The Balaban J connectivity index is 1.97. The molecular weight excluding hydrogens is 330 g/mol. The van der Waals surface area contributed by atoms with Crippen LogP contribution in [0.5, 0.6) is 0 Å². The van der Waals surface area contributed by atoms with Crippen molar-refractivity contribution in [1.82, 2.24) is 10.2 Å². The number of carboxylic acids is 1. The van der Waals surface area contributed by atoms with Crippen molar-refractivity contribution in [2.45, 2.75) is 39.2 Å². The molecule has 6 nitrogen and oxygen atoms in total. The van der Waals surface area contributed by atoms with Crippen molar-refractivity contribution < 1.29 is 14.7 Å². The van der Waals surface area contributed by atoms with Gasteiger partial charge in [0.2, 0.25) is 0 Å². The molecule has 1 fully saturated rings. The van der Waals surface area contributed by atoms with E-state index in [1.165, 1.54) is 5.56 Å². The third-order valence-electron chi connectivity index (χ3n) is 4.79. The Morgan fingerprint density at radius 3 is 2.46 bits per heavy atom. The zero-order chi connectivity index (χ0) is 19.1. The molecule has 0 aromatic heterocycles. The van der Waals surface area contributed by atoms with Crippen molar-refractivity contribution in [3.05, 3.63) is 47.2 Å². The minimum atomic E-state index is -0.783. The Labute approximate surface area is 154 Å². The summed E-state index contributed by atoms with van der Waals surface area (Å²) in [5, 5.41) is 21.2. The summed E-state index contributed by atoms with van der Waals surface area (Å²) < 4.78 is 0. The molecule has 1 unspecified atom stereocenters. The SMILES string of the molecule is CCc1ccc(C(C)NC(=O)/C(C#N)=C\N2CCC(C(=O)O)CC2)cc1. The van der Waals surface area contributed by atoms with Gasteiger partial charge in [0, 0.05) is 19.3 Å². The summed E-state index contributed by atoms with van der Waals surface area (Å²) in [5.41, 5.74) is 2.25. The van der Waals surface area contributed by atoms with Crippen LogP contribution in [0.4, 0.5) is 0 Å². The molecule has 1 aromatic rings. The van der Waals surface area contributed by atoms with Crippen molar-refractivity contribution in [2.75, 3.05) is 13.1 Å². The Morgan fingerprint density at radius 1 is 1.35 bits per heavy atom. The van der Waals surface area contributed by atoms with E-state index >= 15 is 0 Å². The first-order valence-electron chi connectivity index (χ1n) is 8.93. The number of nitrogens with zero attached hydrogens (tertiary/aromatic N) is 2. The normalized spacial score (nSPS) is 16.7. The molecule has 2 N–H and O–H groups in total. The third-order valence-corrected chi connectivity index (χ3v) is 4.79. The van der Waals surface area contributed by atoms with Crippen LogP contribution in [-0.4, -0.2) is 35.0 Å². The van der Waals surface area contributed by atoms with E-state index in [-0.39, 0.29) is 17.5 Å². The monoisotopic (exact) mass is 355 g/mol. The number of hydrogen-bond donors (Lipinski definition) is 2. The fourth-order valence-corrected chi connectivity index (χ4v) is 3.00. The summed E-state index contributed by atoms with van der Waals surface area (Å²) >= 11 is 0. The Bertz CT molecular complexity index is 711. The first-order valence-corrected chi connectivity index (χ1v) is 8.93. The van der Waals surface area contributed by atoms with Crippen molar-refractivity contribution in [1.29, 1.82) is 5.26 Å². The van der Waals surface area contributed by atoms with Crippen molar-refractivity contribution in [3.8, 4) is 6.07 Å². The van der Waals surface area contributed by atoms with Gasteiger partial charge in [-0.3, -0.25) is 9.59 Å². The molecule has 1 aliphatic heterocycles. The number of rotatable bonds is 6. The summed E-state index contributed by atoms with van der Waals surface area (Å²) in [6, 6.07) is 9.78. The van der Waals surface area contributed by atoms with E-state index in [1.54, 1.807) is 6.20 Å². The van der Waals surface area contributed by atoms with Crippen LogP contribution in [0.2, 0.25) is 0 Å². The molecule has 0 aliphatic carbocycles. The van der Waals surface area contributed by atoms with Crippen LogP contribution < -0.4 is 5.32 Å². The molecule has 1 saturated heterocycles. The van der Waals surface area contributed by atoms with Gasteiger partial charge in [0.15, 0.2) is 0 Å². The number of carbonyl (C=O) groups is 2. The summed E-state index contributed by atoms with van der Waals surface area (Å²) in [6.07, 6.45) is 3.54. The van der Waals surface area contributed by atoms with E-state index in [1.807, 2.05) is 42.2 Å². The molecule has 26 heavy (non-hydrogen) atoms. The molecule has 0 bridgehead atoms. The smallest absolute Gasteiger partial charge is 0.306 e. The minimum Gasteiger partial charge on any atom is -0.481 e. The number of benzene rings is 1. The van der Waals surface area contributed by atoms with E-state index in [9.17, 15) is 14.9 Å². The topological polar surface area (TPSA) is 93.4 Å². The van der Waals surface area contributed by atoms with Gasteiger partial charge in [-0.1, -0.05) is 31.2 Å². The van der Waals surface area contributed by atoms with Crippen LogP contribution in [0.1, 0.15) is 43.9 Å². The van der Waals surface area contributed by atoms with Gasteiger partial charge >= 0.3 is 5.97 Å². The van der Waals surface area contributed by atoms with Crippen LogP contribution >= 0.6 is 0 Å². The minimum absolute atomic E-state index is 0.0378. The molecular formula is C20H25N3O3. The Morgan fingerprint density at radius 2 is 1.96 bits per heavy atom. The summed E-state index contributed by atoms with van der Waals surface area (Å²) in [6.45, 7) is 5.03. The van der Waals surface area contributed by atoms with Gasteiger partial charge in [-0.2, -0.15) is 5.26 Å². The molecule has 1 amide bonds. The first-order chi connectivity index (χ1) is 12.4. The lowest BCUT2D eigenvalue weighted by Gasteiger charge is -2.29. The lowest BCUT2D eigenvalue weighted by molar-refractivity contribution is -0.143. The van der Waals surface area contributed by atoms with Gasteiger partial charge in [0.25, 0.3) is 5.91 Å². The molecule has 1 aromatic carbocycles. The number of nitriles is 1. The third kappa shape index (κ3) is 5.09. The summed E-state index contributed by atoms with van der Waals surface area (Å²) in [4.78, 5) is 25.2. The maximum Gasteiger partial charge on any atom is 0.306 e. The Hall–Kier alpha value is -2.81. The average molecular weight is 355 g/mol. The maximum atomic E-state index is 12.4. The molecule has 1 heterocycles. The number of amides is 1. The largest absolute Gasteiger partial charge is 0.481 e. The summed E-state index contributed by atoms with van der Waals surface area (Å²) in [7, 11) is 0. The second-order valence-corrected chi connectivity index (χ2v) is 6.59. The van der Waals surface area contributed by atoms with E-state index in [2.05, 4.69) is 12.2 Å². The Kier molecular flexibility index (Phi) is 6.79. The quantitative estimate of drug-likeness (QED) is 0.604. The second kappa shape index (κ2) is 9.04. The summed E-state index contributed by atoms with van der Waals surface area (Å²) in [5.74, 6) is -1.54. The number of carboxylic acid groups (broad SMARTS) is 1. The van der Waals surface area contributed by atoms with E-state index in [0.717, 1.165) is 12.0 Å². The predicted octanol–water partition coefficient (Wildman–Crippen LogP) is 2.63. The standard InChI is InChI=1S/C20H25N3O3/c1-3-15-4-6-16(7-5-15)14(2)22-19(24)18(12-21)13-23-10-8-17(9-11-23)20(25)26/h4-7,13-14,17H,3,8-11H2,1-2H3,(H,22,24)(H,25,26)/b18-13-. The molecule has 2 rings (SSSR count). The van der Waals surface area contributed by atoms with Crippen LogP contribution in [0.3, 0.4) is 0 Å². The van der Waals surface area contributed by atoms with Crippen LogP contribution in [0.25, 0.3) is 0 Å². The highest BCUT2D eigenvalue weighted by Crippen LogP contribution is 2.19. The van der Waals surface area contributed by atoms with Crippen molar-refractivity contribution >= 4 is 11.9 Å². The van der Waals surface area contributed by atoms with Gasteiger partial charge < -0.3 is 15.3 Å². The molecule has 138 valence electrons. The number of aryl methyl sites for hydroxylation is 1. The lowest BCUT2D eigenvalue weighted by Crippen LogP contribution is -2.34. The molecule has 1 atom stereocenters. The van der Waals surface area contributed by atoms with Gasteiger partial charge in [0.05, 0.1) is 12.0 Å². The number of carbonyl (C=O) groups excluding carboxylic acids is 1. The van der Waals surface area contributed by atoms with E-state index in [0.29, 0.717) is 25.9 Å². The predicted molar refractivity (Wildman–Crippen MR) is 98.0 cm³/mol. The molecule has 1 aliphatic rings. The maximum absolute atomic E-state index is 12.4. The van der Waals surface area contributed by atoms with Gasteiger partial charge in [-0.15, -0.1) is 0 Å². The van der Waals surface area contributed by atoms with Crippen LogP contribution in [0, 0.1) is 17.2 Å². The zero-order valence-corrected chi connectivity index (χ0v) is 15.2. The molecule has 0 radical (unpaired) electrons. The lowest BCUT2D eigenvalue weighted by atomic mass is 9.97. The number of nitrogens with one attached hydrogen (secondary N) is 1. The van der Waals surface area contributed by atoms with Crippen molar-refractivity contribution in [3.63, 3.8) is 0 Å². The molecule has 6 heteroatoms. The number of aliphatic carboxylic acids is 1. The highest BCUT2D eigenvalue weighted by molar-refractivity contribution is 5.97.